The summed E-state index contributed by atoms with van der Waals surface area (Å²) in [5.74, 6) is 2.58. The second-order valence-corrected chi connectivity index (χ2v) is 7.01. The summed E-state index contributed by atoms with van der Waals surface area (Å²) in [4.78, 5) is 4.41. The van der Waals surface area contributed by atoms with Gasteiger partial charge in [0.1, 0.15) is 5.76 Å². The van der Waals surface area contributed by atoms with E-state index in [-0.39, 0.29) is 17.7 Å². The maximum atomic E-state index is 5.94. The molecule has 0 aromatic carbocycles. The smallest absolute Gasteiger partial charge is 0.195 e. The van der Waals surface area contributed by atoms with Gasteiger partial charge in [-0.3, -0.25) is 0 Å². The van der Waals surface area contributed by atoms with Crippen LogP contribution in [0.25, 0.3) is 0 Å². The number of rotatable bonds is 4. The highest BCUT2D eigenvalue weighted by Crippen LogP contribution is 2.39. The van der Waals surface area contributed by atoms with E-state index in [1.54, 1.807) is 0 Å². The van der Waals surface area contributed by atoms with Crippen LogP contribution >= 0.6 is 0 Å². The number of nitrogens with one attached hydrogen (secondary N) is 1. The van der Waals surface area contributed by atoms with Crippen molar-refractivity contribution in [3.63, 3.8) is 0 Å². The van der Waals surface area contributed by atoms with E-state index >= 15 is 0 Å². The lowest BCUT2D eigenvalue weighted by atomic mass is 9.88. The first-order valence-electron chi connectivity index (χ1n) is 7.63. The Morgan fingerprint density at radius 2 is 1.90 bits per heavy atom. The van der Waals surface area contributed by atoms with E-state index in [1.165, 1.54) is 0 Å². The Bertz CT molecular complexity index is 436. The molecule has 0 saturated carbocycles. The second kappa shape index (κ2) is 5.86. The van der Waals surface area contributed by atoms with E-state index < -0.39 is 0 Å². The highest BCUT2D eigenvalue weighted by atomic mass is 16.5. The van der Waals surface area contributed by atoms with Crippen LogP contribution in [0.1, 0.15) is 59.1 Å². The monoisotopic (exact) mass is 280 g/mol. The summed E-state index contributed by atoms with van der Waals surface area (Å²) in [6.45, 7) is 13.8. The first kappa shape index (κ1) is 15.5. The topological polar surface area (TPSA) is 47.3 Å². The van der Waals surface area contributed by atoms with Crippen molar-refractivity contribution in [1.82, 2.24) is 10.3 Å². The molecule has 1 aromatic heterocycles. The molecule has 0 spiro atoms. The van der Waals surface area contributed by atoms with Crippen LogP contribution in [0.4, 0.5) is 0 Å². The zero-order valence-electron chi connectivity index (χ0n) is 13.6. The van der Waals surface area contributed by atoms with Crippen LogP contribution in [0.15, 0.2) is 10.6 Å². The molecule has 20 heavy (non-hydrogen) atoms. The minimum absolute atomic E-state index is 0.132. The third kappa shape index (κ3) is 3.61. The number of hydrogen-bond donors (Lipinski definition) is 1. The van der Waals surface area contributed by atoms with Crippen molar-refractivity contribution in [2.75, 3.05) is 6.54 Å². The third-order valence-corrected chi connectivity index (χ3v) is 4.14. The van der Waals surface area contributed by atoms with Gasteiger partial charge in [0.2, 0.25) is 0 Å². The summed E-state index contributed by atoms with van der Waals surface area (Å²) >= 11 is 0. The molecule has 4 atom stereocenters. The molecule has 114 valence electrons. The van der Waals surface area contributed by atoms with Gasteiger partial charge in [0.25, 0.3) is 0 Å². The SMILES string of the molecule is CC1OC(C)C(c2cnc(CCNC(C)(C)C)o2)C1C. The predicted molar refractivity (Wildman–Crippen MR) is 79.9 cm³/mol. The second-order valence-electron chi connectivity index (χ2n) is 7.01. The molecular weight excluding hydrogens is 252 g/mol. The van der Waals surface area contributed by atoms with Crippen molar-refractivity contribution in [1.29, 1.82) is 0 Å². The Morgan fingerprint density at radius 1 is 1.20 bits per heavy atom. The van der Waals surface area contributed by atoms with Gasteiger partial charge in [-0.1, -0.05) is 6.92 Å². The van der Waals surface area contributed by atoms with Gasteiger partial charge in [0.05, 0.1) is 18.4 Å². The van der Waals surface area contributed by atoms with Gasteiger partial charge < -0.3 is 14.5 Å². The molecule has 2 heterocycles. The molecule has 1 saturated heterocycles. The van der Waals surface area contributed by atoms with Crippen molar-refractivity contribution in [3.8, 4) is 0 Å². The fourth-order valence-electron chi connectivity index (χ4n) is 2.90. The number of oxazole rings is 1. The van der Waals surface area contributed by atoms with Crippen LogP contribution in [0, 0.1) is 5.92 Å². The molecule has 0 radical (unpaired) electrons. The van der Waals surface area contributed by atoms with Crippen LogP contribution in [0.3, 0.4) is 0 Å². The van der Waals surface area contributed by atoms with Crippen molar-refractivity contribution < 1.29 is 9.15 Å². The molecule has 0 bridgehead atoms. The molecule has 0 aliphatic carbocycles. The molecule has 1 fully saturated rings. The average molecular weight is 280 g/mol. The van der Waals surface area contributed by atoms with Gasteiger partial charge in [-0.15, -0.1) is 0 Å². The molecule has 4 unspecified atom stereocenters. The van der Waals surface area contributed by atoms with Crippen molar-refractivity contribution >= 4 is 0 Å². The first-order valence-corrected chi connectivity index (χ1v) is 7.63. The molecular formula is C16H28N2O2. The fourth-order valence-corrected chi connectivity index (χ4v) is 2.90. The average Bonchev–Trinajstić information content (AvgIpc) is 2.84. The molecule has 0 amide bonds. The highest BCUT2D eigenvalue weighted by Gasteiger charge is 2.40. The Hall–Kier alpha value is -0.870. The standard InChI is InChI=1S/C16H28N2O2/c1-10-11(2)19-12(3)15(10)13-9-17-14(20-13)7-8-18-16(4,5)6/h9-12,15,18H,7-8H2,1-6H3. The van der Waals surface area contributed by atoms with Crippen molar-refractivity contribution in [2.24, 2.45) is 5.92 Å². The van der Waals surface area contributed by atoms with E-state index in [9.17, 15) is 0 Å². The minimum atomic E-state index is 0.132. The zero-order valence-corrected chi connectivity index (χ0v) is 13.6. The predicted octanol–water partition coefficient (Wildman–Crippen LogP) is 3.13. The molecule has 4 nitrogen and oxygen atoms in total. The Kier molecular flexibility index (Phi) is 4.55. The highest BCUT2D eigenvalue weighted by molar-refractivity contribution is 5.09. The summed E-state index contributed by atoms with van der Waals surface area (Å²) in [5, 5.41) is 3.45. The number of ether oxygens (including phenoxy) is 1. The van der Waals surface area contributed by atoms with E-state index in [1.807, 2.05) is 6.20 Å². The van der Waals surface area contributed by atoms with E-state index in [0.29, 0.717) is 11.8 Å². The molecule has 1 aliphatic heterocycles. The maximum absolute atomic E-state index is 5.94. The largest absolute Gasteiger partial charge is 0.445 e. The number of aromatic nitrogens is 1. The van der Waals surface area contributed by atoms with E-state index in [4.69, 9.17) is 9.15 Å². The Labute approximate surface area is 122 Å². The normalized spacial score (nSPS) is 30.9. The first-order chi connectivity index (χ1) is 9.28. The summed E-state index contributed by atoms with van der Waals surface area (Å²) in [6, 6.07) is 0. The van der Waals surface area contributed by atoms with Crippen molar-refractivity contribution in [3.05, 3.63) is 17.8 Å². The number of hydrogen-bond acceptors (Lipinski definition) is 4. The van der Waals surface area contributed by atoms with Gasteiger partial charge in [-0.05, 0) is 40.5 Å². The summed E-state index contributed by atoms with van der Waals surface area (Å²) in [6.07, 6.45) is 3.19. The van der Waals surface area contributed by atoms with Gasteiger partial charge in [0.15, 0.2) is 5.89 Å². The summed E-state index contributed by atoms with van der Waals surface area (Å²) < 4.78 is 11.8. The summed E-state index contributed by atoms with van der Waals surface area (Å²) in [7, 11) is 0. The van der Waals surface area contributed by atoms with Gasteiger partial charge >= 0.3 is 0 Å². The minimum Gasteiger partial charge on any atom is -0.445 e. The zero-order chi connectivity index (χ0) is 14.9. The lowest BCUT2D eigenvalue weighted by molar-refractivity contribution is 0.0547. The fraction of sp³-hybridized carbons (Fsp3) is 0.812. The third-order valence-electron chi connectivity index (χ3n) is 4.14. The lowest BCUT2D eigenvalue weighted by Crippen LogP contribution is -2.37. The van der Waals surface area contributed by atoms with Gasteiger partial charge in [-0.2, -0.15) is 0 Å². The Morgan fingerprint density at radius 3 is 2.45 bits per heavy atom. The number of nitrogens with zero attached hydrogens (tertiary/aromatic N) is 1. The van der Waals surface area contributed by atoms with E-state index in [2.05, 4.69) is 51.8 Å². The van der Waals surface area contributed by atoms with E-state index in [0.717, 1.165) is 24.6 Å². The van der Waals surface area contributed by atoms with Gasteiger partial charge in [0, 0.05) is 24.4 Å². The van der Waals surface area contributed by atoms with Crippen LogP contribution in [-0.2, 0) is 11.2 Å². The van der Waals surface area contributed by atoms with Crippen LogP contribution in [0.5, 0.6) is 0 Å². The van der Waals surface area contributed by atoms with Crippen LogP contribution < -0.4 is 5.32 Å². The van der Waals surface area contributed by atoms with Crippen LogP contribution in [0.2, 0.25) is 0 Å². The lowest BCUT2D eigenvalue weighted by Gasteiger charge is -2.19. The molecule has 4 heteroatoms. The maximum Gasteiger partial charge on any atom is 0.195 e. The Balaban J connectivity index is 1.95. The summed E-state index contributed by atoms with van der Waals surface area (Å²) in [5.41, 5.74) is 0.132. The molecule has 1 aromatic rings. The molecule has 1 N–H and O–H groups in total. The van der Waals surface area contributed by atoms with Crippen LogP contribution in [-0.4, -0.2) is 29.3 Å². The quantitative estimate of drug-likeness (QED) is 0.920. The molecule has 1 aliphatic rings. The molecule has 2 rings (SSSR count). The van der Waals surface area contributed by atoms with Crippen molar-refractivity contribution in [2.45, 2.75) is 71.6 Å². The van der Waals surface area contributed by atoms with Gasteiger partial charge in [-0.25, -0.2) is 4.98 Å².